The van der Waals surface area contributed by atoms with E-state index in [9.17, 15) is 19.5 Å². The number of nitrogens with one attached hydrogen (secondary N) is 1. The molecular weight excluding hydrogens is 396 g/mol. The van der Waals surface area contributed by atoms with Crippen molar-refractivity contribution in [2.24, 2.45) is 0 Å². The standard InChI is InChI=1S/C24H28N2O5/c1-31-23(30)24(25-22(29)19-10-6-3-7-11-19)13-12-21(28)26(15-14-24)20(17-27)16-18-8-4-2-5-9-18/h2-11,20,27H,12-17H2,1H3,(H,25,29)/t20-,24-/m0/s1. The van der Waals surface area contributed by atoms with Crippen LogP contribution in [0.4, 0.5) is 0 Å². The molecule has 2 N–H and O–H groups in total. The molecule has 2 amide bonds. The molecule has 2 aromatic rings. The number of nitrogens with zero attached hydrogens (tertiary/aromatic N) is 1. The van der Waals surface area contributed by atoms with Crippen molar-refractivity contribution in [2.45, 2.75) is 37.3 Å². The average molecular weight is 424 g/mol. The number of likely N-dealkylation sites (tertiary alicyclic amines) is 1. The number of carbonyl (C=O) groups is 3. The highest BCUT2D eigenvalue weighted by atomic mass is 16.5. The summed E-state index contributed by atoms with van der Waals surface area (Å²) in [6.45, 7) is 0.0310. The predicted molar refractivity (Wildman–Crippen MR) is 115 cm³/mol. The molecule has 3 rings (SSSR count). The van der Waals surface area contributed by atoms with Crippen molar-refractivity contribution in [3.8, 4) is 0 Å². The van der Waals surface area contributed by atoms with E-state index in [1.54, 1.807) is 35.2 Å². The molecule has 0 saturated carbocycles. The van der Waals surface area contributed by atoms with Crippen molar-refractivity contribution in [3.63, 3.8) is 0 Å². The third kappa shape index (κ3) is 5.30. The maximum Gasteiger partial charge on any atom is 0.331 e. The van der Waals surface area contributed by atoms with Gasteiger partial charge in [-0.2, -0.15) is 0 Å². The maximum absolute atomic E-state index is 12.9. The van der Waals surface area contributed by atoms with Gasteiger partial charge in [0.2, 0.25) is 5.91 Å². The van der Waals surface area contributed by atoms with Crippen LogP contribution in [0.2, 0.25) is 0 Å². The number of aliphatic hydroxyl groups is 1. The third-order valence-electron chi connectivity index (χ3n) is 5.80. The molecule has 1 fully saturated rings. The van der Waals surface area contributed by atoms with Crippen LogP contribution in [0.25, 0.3) is 0 Å². The monoisotopic (exact) mass is 424 g/mol. The number of aliphatic hydroxyl groups excluding tert-OH is 1. The predicted octanol–water partition coefficient (Wildman–Crippen LogP) is 1.94. The van der Waals surface area contributed by atoms with Gasteiger partial charge >= 0.3 is 5.97 Å². The van der Waals surface area contributed by atoms with E-state index in [1.165, 1.54) is 7.11 Å². The van der Waals surface area contributed by atoms with Gasteiger partial charge in [0.25, 0.3) is 5.91 Å². The number of hydrogen-bond acceptors (Lipinski definition) is 5. The molecule has 164 valence electrons. The van der Waals surface area contributed by atoms with Crippen LogP contribution in [0.1, 0.15) is 35.2 Å². The fraction of sp³-hybridized carbons (Fsp3) is 0.375. The second-order valence-corrected chi connectivity index (χ2v) is 7.76. The zero-order valence-electron chi connectivity index (χ0n) is 17.6. The summed E-state index contributed by atoms with van der Waals surface area (Å²) in [5.74, 6) is -1.13. The molecule has 2 atom stereocenters. The van der Waals surface area contributed by atoms with Crippen molar-refractivity contribution in [3.05, 3.63) is 71.8 Å². The second kappa shape index (κ2) is 10.2. The molecule has 7 nitrogen and oxygen atoms in total. The SMILES string of the molecule is COC(=O)[C@]1(NC(=O)c2ccccc2)CCC(=O)N([C@H](CO)Cc2ccccc2)CC1. The Kier molecular flexibility index (Phi) is 7.41. The van der Waals surface area contributed by atoms with Crippen molar-refractivity contribution >= 4 is 17.8 Å². The highest BCUT2D eigenvalue weighted by Crippen LogP contribution is 2.27. The number of ether oxygens (including phenoxy) is 1. The second-order valence-electron chi connectivity index (χ2n) is 7.76. The van der Waals surface area contributed by atoms with Gasteiger partial charge < -0.3 is 20.1 Å². The normalized spacial score (nSPS) is 19.9. The molecule has 0 unspecified atom stereocenters. The molecule has 0 radical (unpaired) electrons. The van der Waals surface area contributed by atoms with E-state index in [1.807, 2.05) is 30.3 Å². The number of methoxy groups -OCH3 is 1. The summed E-state index contributed by atoms with van der Waals surface area (Å²) in [6.07, 6.45) is 0.909. The van der Waals surface area contributed by atoms with Crippen LogP contribution in [-0.4, -0.2) is 59.6 Å². The first-order valence-corrected chi connectivity index (χ1v) is 10.4. The minimum Gasteiger partial charge on any atom is -0.467 e. The van der Waals surface area contributed by atoms with Crippen molar-refractivity contribution in [1.82, 2.24) is 10.2 Å². The van der Waals surface area contributed by atoms with Gasteiger partial charge in [-0.1, -0.05) is 48.5 Å². The molecule has 1 heterocycles. The van der Waals surface area contributed by atoms with Gasteiger partial charge in [-0.05, 0) is 37.0 Å². The van der Waals surface area contributed by atoms with Crippen LogP contribution in [0, 0.1) is 0 Å². The third-order valence-corrected chi connectivity index (χ3v) is 5.80. The molecule has 31 heavy (non-hydrogen) atoms. The van der Waals surface area contributed by atoms with Crippen molar-refractivity contribution < 1.29 is 24.2 Å². The summed E-state index contributed by atoms with van der Waals surface area (Å²) in [5.41, 5.74) is 0.129. The van der Waals surface area contributed by atoms with E-state index in [-0.39, 0.29) is 38.3 Å². The number of rotatable bonds is 7. The molecule has 0 bridgehead atoms. The Hall–Kier alpha value is -3.19. The first kappa shape index (κ1) is 22.5. The fourth-order valence-corrected chi connectivity index (χ4v) is 4.03. The van der Waals surface area contributed by atoms with E-state index in [4.69, 9.17) is 4.74 Å². The lowest BCUT2D eigenvalue weighted by Gasteiger charge is -2.32. The van der Waals surface area contributed by atoms with Crippen LogP contribution in [0.3, 0.4) is 0 Å². The topological polar surface area (TPSA) is 95.9 Å². The van der Waals surface area contributed by atoms with E-state index < -0.39 is 23.5 Å². The first-order chi connectivity index (χ1) is 15.0. The van der Waals surface area contributed by atoms with Gasteiger partial charge in [0.1, 0.15) is 5.54 Å². The molecule has 1 saturated heterocycles. The molecule has 0 aliphatic carbocycles. The molecule has 0 aromatic heterocycles. The Balaban J connectivity index is 1.80. The highest BCUT2D eigenvalue weighted by Gasteiger charge is 2.45. The lowest BCUT2D eigenvalue weighted by molar-refractivity contribution is -0.148. The Labute approximate surface area is 182 Å². The molecule has 0 spiro atoms. The zero-order chi connectivity index (χ0) is 22.3. The summed E-state index contributed by atoms with van der Waals surface area (Å²) in [7, 11) is 1.27. The van der Waals surface area contributed by atoms with Crippen LogP contribution in [-0.2, 0) is 20.7 Å². The first-order valence-electron chi connectivity index (χ1n) is 10.4. The molecule has 1 aliphatic heterocycles. The molecule has 1 aliphatic rings. The lowest BCUT2D eigenvalue weighted by atomic mass is 9.90. The summed E-state index contributed by atoms with van der Waals surface area (Å²) < 4.78 is 5.01. The molecule has 7 heteroatoms. The molecular formula is C24H28N2O5. The van der Waals surface area contributed by atoms with Crippen LogP contribution >= 0.6 is 0 Å². The quantitative estimate of drug-likeness (QED) is 0.663. The van der Waals surface area contributed by atoms with E-state index in [0.29, 0.717) is 12.0 Å². The lowest BCUT2D eigenvalue weighted by Crippen LogP contribution is -2.55. The van der Waals surface area contributed by atoms with E-state index >= 15 is 0 Å². The van der Waals surface area contributed by atoms with Crippen molar-refractivity contribution in [2.75, 3.05) is 20.3 Å². The largest absolute Gasteiger partial charge is 0.467 e. The average Bonchev–Trinajstić information content (AvgIpc) is 2.98. The minimum absolute atomic E-state index is 0.0649. The van der Waals surface area contributed by atoms with E-state index in [2.05, 4.69) is 5.32 Å². The van der Waals surface area contributed by atoms with Crippen molar-refractivity contribution in [1.29, 1.82) is 0 Å². The molecule has 2 aromatic carbocycles. The number of benzene rings is 2. The number of amides is 2. The number of esters is 1. The Morgan fingerprint density at radius 1 is 1.10 bits per heavy atom. The number of carbonyl (C=O) groups excluding carboxylic acids is 3. The van der Waals surface area contributed by atoms with Gasteiger partial charge in [0.15, 0.2) is 0 Å². The van der Waals surface area contributed by atoms with Gasteiger partial charge in [-0.15, -0.1) is 0 Å². The highest BCUT2D eigenvalue weighted by molar-refractivity contribution is 5.98. The van der Waals surface area contributed by atoms with Gasteiger partial charge in [0.05, 0.1) is 19.8 Å². The Bertz CT molecular complexity index is 903. The Morgan fingerprint density at radius 3 is 2.35 bits per heavy atom. The summed E-state index contributed by atoms with van der Waals surface area (Å²) in [5, 5.41) is 12.8. The summed E-state index contributed by atoms with van der Waals surface area (Å²) >= 11 is 0. The van der Waals surface area contributed by atoms with Crippen LogP contribution < -0.4 is 5.32 Å². The van der Waals surface area contributed by atoms with Gasteiger partial charge in [-0.25, -0.2) is 4.79 Å². The summed E-state index contributed by atoms with van der Waals surface area (Å²) in [6, 6.07) is 17.8. The zero-order valence-corrected chi connectivity index (χ0v) is 17.6. The van der Waals surface area contributed by atoms with Gasteiger partial charge in [-0.3, -0.25) is 9.59 Å². The van der Waals surface area contributed by atoms with E-state index in [0.717, 1.165) is 5.56 Å². The minimum atomic E-state index is -1.31. The maximum atomic E-state index is 12.9. The van der Waals surface area contributed by atoms with Crippen LogP contribution in [0.15, 0.2) is 60.7 Å². The van der Waals surface area contributed by atoms with Gasteiger partial charge in [0, 0.05) is 18.5 Å². The fourth-order valence-electron chi connectivity index (χ4n) is 4.03. The summed E-state index contributed by atoms with van der Waals surface area (Å²) in [4.78, 5) is 40.1. The smallest absolute Gasteiger partial charge is 0.331 e. The number of hydrogen-bond donors (Lipinski definition) is 2. The van der Waals surface area contributed by atoms with Crippen LogP contribution in [0.5, 0.6) is 0 Å². The Morgan fingerprint density at radius 2 is 1.74 bits per heavy atom.